The fourth-order valence-corrected chi connectivity index (χ4v) is 2.23. The van der Waals surface area contributed by atoms with Crippen LogP contribution in [0.2, 0.25) is 0 Å². The van der Waals surface area contributed by atoms with E-state index in [0.717, 1.165) is 0 Å². The minimum atomic E-state index is -0.479. The summed E-state index contributed by atoms with van der Waals surface area (Å²) in [5.41, 5.74) is 1.32. The number of nitro groups is 1. The van der Waals surface area contributed by atoms with Gasteiger partial charge in [-0.25, -0.2) is 4.39 Å². The summed E-state index contributed by atoms with van der Waals surface area (Å²) in [5.74, 6) is -0.782. The standard InChI is InChI=1S/C17H17FN2O3/c1-11-7-8-14(10-16(11)18)17(21)19(3)12(2)13-5-4-6-15(9-13)20(22)23/h4-10,12H,1-3H3/t12-/m1/s1. The van der Waals surface area contributed by atoms with E-state index in [-0.39, 0.29) is 23.2 Å². The van der Waals surface area contributed by atoms with Crippen molar-refractivity contribution in [3.8, 4) is 0 Å². The summed E-state index contributed by atoms with van der Waals surface area (Å²) in [6.45, 7) is 3.39. The summed E-state index contributed by atoms with van der Waals surface area (Å²) >= 11 is 0. The molecular formula is C17H17FN2O3. The Balaban J connectivity index is 2.26. The van der Waals surface area contributed by atoms with Crippen molar-refractivity contribution in [1.82, 2.24) is 4.90 Å². The van der Waals surface area contributed by atoms with Gasteiger partial charge in [0.2, 0.25) is 0 Å². The van der Waals surface area contributed by atoms with Gasteiger partial charge >= 0.3 is 0 Å². The molecule has 2 rings (SSSR count). The van der Waals surface area contributed by atoms with Crippen LogP contribution in [0, 0.1) is 22.9 Å². The predicted octanol–water partition coefficient (Wildman–Crippen LogP) is 3.88. The van der Waals surface area contributed by atoms with Gasteiger partial charge in [-0.15, -0.1) is 0 Å². The zero-order valence-electron chi connectivity index (χ0n) is 13.1. The highest BCUT2D eigenvalue weighted by Gasteiger charge is 2.21. The molecule has 0 aliphatic carbocycles. The number of nitrogens with zero attached hydrogens (tertiary/aromatic N) is 2. The molecule has 0 aliphatic rings. The lowest BCUT2D eigenvalue weighted by Crippen LogP contribution is -2.29. The molecular weight excluding hydrogens is 299 g/mol. The molecule has 1 atom stereocenters. The molecule has 0 saturated carbocycles. The first-order valence-electron chi connectivity index (χ1n) is 7.09. The summed E-state index contributed by atoms with van der Waals surface area (Å²) in [6, 6.07) is 10.1. The van der Waals surface area contributed by atoms with Gasteiger partial charge in [-0.3, -0.25) is 14.9 Å². The van der Waals surface area contributed by atoms with Crippen molar-refractivity contribution in [2.45, 2.75) is 19.9 Å². The number of aryl methyl sites for hydroxylation is 1. The maximum Gasteiger partial charge on any atom is 0.269 e. The Morgan fingerprint density at radius 1 is 1.26 bits per heavy atom. The molecule has 0 saturated heterocycles. The molecule has 6 heteroatoms. The van der Waals surface area contributed by atoms with Crippen molar-refractivity contribution in [2.75, 3.05) is 7.05 Å². The van der Waals surface area contributed by atoms with Crippen LogP contribution in [0.25, 0.3) is 0 Å². The summed E-state index contributed by atoms with van der Waals surface area (Å²) in [5, 5.41) is 10.9. The average molecular weight is 316 g/mol. The maximum absolute atomic E-state index is 13.6. The third-order valence-corrected chi connectivity index (χ3v) is 3.88. The van der Waals surface area contributed by atoms with E-state index >= 15 is 0 Å². The van der Waals surface area contributed by atoms with Crippen LogP contribution in [0.5, 0.6) is 0 Å². The highest BCUT2D eigenvalue weighted by molar-refractivity contribution is 5.94. The Hall–Kier alpha value is -2.76. The van der Waals surface area contributed by atoms with Crippen molar-refractivity contribution in [2.24, 2.45) is 0 Å². The van der Waals surface area contributed by atoms with Gasteiger partial charge < -0.3 is 4.90 Å². The lowest BCUT2D eigenvalue weighted by Gasteiger charge is -2.25. The number of carbonyl (C=O) groups is 1. The number of carbonyl (C=O) groups excluding carboxylic acids is 1. The molecule has 0 bridgehead atoms. The molecule has 0 N–H and O–H groups in total. The number of hydrogen-bond acceptors (Lipinski definition) is 3. The molecule has 0 aromatic heterocycles. The minimum Gasteiger partial charge on any atom is -0.335 e. The number of non-ortho nitro benzene ring substituents is 1. The van der Waals surface area contributed by atoms with Gasteiger partial charge in [0.25, 0.3) is 11.6 Å². The van der Waals surface area contributed by atoms with E-state index in [4.69, 9.17) is 0 Å². The highest BCUT2D eigenvalue weighted by atomic mass is 19.1. The number of nitro benzene ring substituents is 1. The van der Waals surface area contributed by atoms with Gasteiger partial charge in [-0.05, 0) is 37.1 Å². The molecule has 2 aromatic carbocycles. The molecule has 0 radical (unpaired) electrons. The van der Waals surface area contributed by atoms with E-state index in [2.05, 4.69) is 0 Å². The van der Waals surface area contributed by atoms with Crippen LogP contribution >= 0.6 is 0 Å². The molecule has 120 valence electrons. The number of benzene rings is 2. The smallest absolute Gasteiger partial charge is 0.269 e. The second-order valence-electron chi connectivity index (χ2n) is 5.41. The predicted molar refractivity (Wildman–Crippen MR) is 84.7 cm³/mol. The summed E-state index contributed by atoms with van der Waals surface area (Å²) < 4.78 is 13.6. The quantitative estimate of drug-likeness (QED) is 0.635. The van der Waals surface area contributed by atoms with Gasteiger partial charge in [0.05, 0.1) is 11.0 Å². The molecule has 0 unspecified atom stereocenters. The fourth-order valence-electron chi connectivity index (χ4n) is 2.23. The fraction of sp³-hybridized carbons (Fsp3) is 0.235. The Morgan fingerprint density at radius 3 is 2.57 bits per heavy atom. The Morgan fingerprint density at radius 2 is 1.96 bits per heavy atom. The van der Waals surface area contributed by atoms with E-state index in [9.17, 15) is 19.3 Å². The third kappa shape index (κ3) is 3.53. The third-order valence-electron chi connectivity index (χ3n) is 3.88. The van der Waals surface area contributed by atoms with Crippen molar-refractivity contribution in [3.05, 3.63) is 75.1 Å². The summed E-state index contributed by atoms with van der Waals surface area (Å²) in [7, 11) is 1.59. The lowest BCUT2D eigenvalue weighted by molar-refractivity contribution is -0.384. The highest BCUT2D eigenvalue weighted by Crippen LogP contribution is 2.24. The minimum absolute atomic E-state index is 0.0309. The van der Waals surface area contributed by atoms with Crippen LogP contribution in [-0.4, -0.2) is 22.8 Å². The first-order valence-corrected chi connectivity index (χ1v) is 7.09. The van der Waals surface area contributed by atoms with Crippen LogP contribution in [0.4, 0.5) is 10.1 Å². The Labute approximate surface area is 133 Å². The number of halogens is 1. The largest absolute Gasteiger partial charge is 0.335 e. The molecule has 2 aromatic rings. The van der Waals surface area contributed by atoms with E-state index < -0.39 is 10.7 Å². The van der Waals surface area contributed by atoms with Gasteiger partial charge in [-0.2, -0.15) is 0 Å². The van der Waals surface area contributed by atoms with E-state index in [0.29, 0.717) is 11.1 Å². The summed E-state index contributed by atoms with van der Waals surface area (Å²) in [4.78, 5) is 24.3. The Kier molecular flexibility index (Phi) is 4.74. The van der Waals surface area contributed by atoms with E-state index in [1.54, 1.807) is 45.2 Å². The number of amides is 1. The monoisotopic (exact) mass is 316 g/mol. The van der Waals surface area contributed by atoms with Crippen molar-refractivity contribution < 1.29 is 14.1 Å². The van der Waals surface area contributed by atoms with Crippen LogP contribution in [0.3, 0.4) is 0 Å². The van der Waals surface area contributed by atoms with E-state index in [1.165, 1.54) is 23.1 Å². The SMILES string of the molecule is Cc1ccc(C(=O)N(C)[C@H](C)c2cccc([N+](=O)[O-])c2)cc1F. The van der Waals surface area contributed by atoms with Gasteiger partial charge in [0, 0.05) is 24.7 Å². The zero-order valence-corrected chi connectivity index (χ0v) is 13.1. The van der Waals surface area contributed by atoms with E-state index in [1.807, 2.05) is 0 Å². The van der Waals surface area contributed by atoms with Gasteiger partial charge in [-0.1, -0.05) is 18.2 Å². The number of hydrogen-bond donors (Lipinski definition) is 0. The van der Waals surface area contributed by atoms with Crippen LogP contribution in [0.15, 0.2) is 42.5 Å². The zero-order chi connectivity index (χ0) is 17.1. The summed E-state index contributed by atoms with van der Waals surface area (Å²) in [6.07, 6.45) is 0. The first kappa shape index (κ1) is 16.6. The molecule has 23 heavy (non-hydrogen) atoms. The molecule has 0 spiro atoms. The molecule has 1 amide bonds. The average Bonchev–Trinajstić information content (AvgIpc) is 2.55. The second kappa shape index (κ2) is 6.56. The topological polar surface area (TPSA) is 63.5 Å². The first-order chi connectivity index (χ1) is 10.8. The molecule has 0 heterocycles. The second-order valence-corrected chi connectivity index (χ2v) is 5.41. The van der Waals surface area contributed by atoms with Crippen molar-refractivity contribution >= 4 is 11.6 Å². The maximum atomic E-state index is 13.6. The van der Waals surface area contributed by atoms with Crippen LogP contribution in [-0.2, 0) is 0 Å². The molecule has 0 fully saturated rings. The van der Waals surface area contributed by atoms with Crippen LogP contribution in [0.1, 0.15) is 34.5 Å². The normalized spacial score (nSPS) is 11.8. The lowest BCUT2D eigenvalue weighted by atomic mass is 10.0. The number of rotatable bonds is 4. The molecule has 5 nitrogen and oxygen atoms in total. The molecule has 0 aliphatic heterocycles. The van der Waals surface area contributed by atoms with Gasteiger partial charge in [0.1, 0.15) is 5.82 Å². The van der Waals surface area contributed by atoms with Crippen molar-refractivity contribution in [3.63, 3.8) is 0 Å². The van der Waals surface area contributed by atoms with Crippen LogP contribution < -0.4 is 0 Å². The Bertz CT molecular complexity index is 761. The van der Waals surface area contributed by atoms with Gasteiger partial charge in [0.15, 0.2) is 0 Å². The van der Waals surface area contributed by atoms with Crippen molar-refractivity contribution in [1.29, 1.82) is 0 Å².